The van der Waals surface area contributed by atoms with Gasteiger partial charge in [0, 0.05) is 36.6 Å². The quantitative estimate of drug-likeness (QED) is 0.869. The van der Waals surface area contributed by atoms with Gasteiger partial charge < -0.3 is 19.7 Å². The van der Waals surface area contributed by atoms with Crippen molar-refractivity contribution in [1.29, 1.82) is 0 Å². The maximum atomic E-state index is 12.6. The van der Waals surface area contributed by atoms with E-state index in [-0.39, 0.29) is 17.4 Å². The predicted molar refractivity (Wildman–Crippen MR) is 102 cm³/mol. The van der Waals surface area contributed by atoms with E-state index in [2.05, 4.69) is 10.3 Å². The Labute approximate surface area is 162 Å². The molecule has 27 heavy (non-hydrogen) atoms. The summed E-state index contributed by atoms with van der Waals surface area (Å²) in [5.74, 6) is -0.105. The summed E-state index contributed by atoms with van der Waals surface area (Å²) in [6.07, 6.45) is 2.88. The molecule has 0 radical (unpaired) electrons. The Morgan fingerprint density at radius 1 is 1.19 bits per heavy atom. The van der Waals surface area contributed by atoms with Crippen molar-refractivity contribution in [3.8, 4) is 5.75 Å². The van der Waals surface area contributed by atoms with Crippen molar-refractivity contribution in [1.82, 2.24) is 9.88 Å². The molecule has 1 saturated heterocycles. The lowest BCUT2D eigenvalue weighted by Crippen LogP contribution is -2.40. The van der Waals surface area contributed by atoms with Crippen LogP contribution in [0.4, 0.5) is 5.69 Å². The standard InChI is InChI=1S/C19H20ClN3O4/c1-12-7-16(17(26-2)9-15(12)20)22-18(24)13-8-14(11-21-10-13)19(25)23-3-5-27-6-4-23/h7-11H,3-6H2,1-2H3,(H,22,24). The van der Waals surface area contributed by atoms with E-state index in [1.165, 1.54) is 25.6 Å². The molecule has 0 atom stereocenters. The Bertz CT molecular complexity index is 866. The zero-order chi connectivity index (χ0) is 19.4. The van der Waals surface area contributed by atoms with Gasteiger partial charge in [0.1, 0.15) is 5.75 Å². The zero-order valence-corrected chi connectivity index (χ0v) is 15.9. The molecule has 2 amide bonds. The summed E-state index contributed by atoms with van der Waals surface area (Å²) in [7, 11) is 1.50. The molecular formula is C19H20ClN3O4. The second-order valence-corrected chi connectivity index (χ2v) is 6.53. The first kappa shape index (κ1) is 19.1. The zero-order valence-electron chi connectivity index (χ0n) is 15.1. The van der Waals surface area contributed by atoms with E-state index in [1.54, 1.807) is 17.0 Å². The molecule has 0 bridgehead atoms. The highest BCUT2D eigenvalue weighted by molar-refractivity contribution is 6.31. The van der Waals surface area contributed by atoms with Crippen molar-refractivity contribution in [3.05, 3.63) is 52.3 Å². The summed E-state index contributed by atoms with van der Waals surface area (Å²) < 4.78 is 10.5. The lowest BCUT2D eigenvalue weighted by atomic mass is 10.1. The lowest BCUT2D eigenvalue weighted by Gasteiger charge is -2.26. The number of rotatable bonds is 4. The highest BCUT2D eigenvalue weighted by Gasteiger charge is 2.20. The van der Waals surface area contributed by atoms with E-state index >= 15 is 0 Å². The molecular weight excluding hydrogens is 370 g/mol. The molecule has 1 fully saturated rings. The predicted octanol–water partition coefficient (Wildman–Crippen LogP) is 2.78. The molecule has 1 aromatic heterocycles. The Morgan fingerprint density at radius 2 is 1.89 bits per heavy atom. The highest BCUT2D eigenvalue weighted by atomic mass is 35.5. The number of nitrogens with one attached hydrogen (secondary N) is 1. The number of carbonyl (C=O) groups is 2. The number of ether oxygens (including phenoxy) is 2. The van der Waals surface area contributed by atoms with Gasteiger partial charge in [0.15, 0.2) is 0 Å². The molecule has 142 valence electrons. The largest absolute Gasteiger partial charge is 0.495 e. The van der Waals surface area contributed by atoms with Crippen molar-refractivity contribution >= 4 is 29.1 Å². The number of halogens is 1. The maximum absolute atomic E-state index is 12.6. The van der Waals surface area contributed by atoms with Gasteiger partial charge in [0.25, 0.3) is 11.8 Å². The molecule has 8 heteroatoms. The van der Waals surface area contributed by atoms with E-state index < -0.39 is 0 Å². The molecule has 0 unspecified atom stereocenters. The van der Waals surface area contributed by atoms with Crippen LogP contribution in [0.1, 0.15) is 26.3 Å². The number of morpholine rings is 1. The third-order valence-corrected chi connectivity index (χ3v) is 4.68. The highest BCUT2D eigenvalue weighted by Crippen LogP contribution is 2.31. The van der Waals surface area contributed by atoms with Crippen molar-refractivity contribution < 1.29 is 19.1 Å². The van der Waals surface area contributed by atoms with Crippen LogP contribution in [-0.2, 0) is 4.74 Å². The van der Waals surface area contributed by atoms with Gasteiger partial charge in [-0.3, -0.25) is 14.6 Å². The van der Waals surface area contributed by atoms with Crippen molar-refractivity contribution in [2.24, 2.45) is 0 Å². The number of benzene rings is 1. The number of hydrogen-bond acceptors (Lipinski definition) is 5. The first-order chi connectivity index (χ1) is 13.0. The van der Waals surface area contributed by atoms with E-state index in [4.69, 9.17) is 21.1 Å². The number of aromatic nitrogens is 1. The van der Waals surface area contributed by atoms with Gasteiger partial charge in [0.2, 0.25) is 0 Å². The normalized spacial score (nSPS) is 14.0. The monoisotopic (exact) mass is 389 g/mol. The van der Waals surface area contributed by atoms with Crippen LogP contribution < -0.4 is 10.1 Å². The third-order valence-electron chi connectivity index (χ3n) is 4.27. The molecule has 1 aliphatic heterocycles. The van der Waals surface area contributed by atoms with Gasteiger partial charge in [0.05, 0.1) is 37.1 Å². The van der Waals surface area contributed by atoms with Crippen LogP contribution in [0.2, 0.25) is 5.02 Å². The number of anilines is 1. The summed E-state index contributed by atoms with van der Waals surface area (Å²) >= 11 is 6.09. The Kier molecular flexibility index (Phi) is 5.93. The molecule has 7 nitrogen and oxygen atoms in total. The summed E-state index contributed by atoms with van der Waals surface area (Å²) in [6.45, 7) is 3.90. The number of pyridine rings is 1. The van der Waals surface area contributed by atoms with Crippen molar-refractivity contribution in [2.45, 2.75) is 6.92 Å². The van der Waals surface area contributed by atoms with Gasteiger partial charge >= 0.3 is 0 Å². The molecule has 1 aromatic carbocycles. The smallest absolute Gasteiger partial charge is 0.257 e. The maximum Gasteiger partial charge on any atom is 0.257 e. The molecule has 1 aliphatic rings. The minimum Gasteiger partial charge on any atom is -0.495 e. The molecule has 2 heterocycles. The van der Waals surface area contributed by atoms with Crippen LogP contribution in [-0.4, -0.2) is 55.1 Å². The third kappa shape index (κ3) is 4.37. The van der Waals surface area contributed by atoms with Gasteiger partial charge in [-0.25, -0.2) is 0 Å². The fourth-order valence-corrected chi connectivity index (χ4v) is 2.91. The second kappa shape index (κ2) is 8.37. The van der Waals surface area contributed by atoms with Crippen molar-refractivity contribution in [2.75, 3.05) is 38.7 Å². The van der Waals surface area contributed by atoms with Crippen molar-refractivity contribution in [3.63, 3.8) is 0 Å². The molecule has 0 aliphatic carbocycles. The number of amides is 2. The number of methoxy groups -OCH3 is 1. The number of carbonyl (C=O) groups excluding carboxylic acids is 2. The van der Waals surface area contributed by atoms with Crippen LogP contribution in [0, 0.1) is 6.92 Å². The second-order valence-electron chi connectivity index (χ2n) is 6.12. The van der Waals surface area contributed by atoms with Gasteiger partial charge in [-0.05, 0) is 24.6 Å². The number of aryl methyl sites for hydroxylation is 1. The average Bonchev–Trinajstić information content (AvgIpc) is 2.70. The van der Waals surface area contributed by atoms with Gasteiger partial charge in [-0.2, -0.15) is 0 Å². The molecule has 3 rings (SSSR count). The van der Waals surface area contributed by atoms with Crippen LogP contribution in [0.5, 0.6) is 5.75 Å². The minimum absolute atomic E-state index is 0.166. The first-order valence-electron chi connectivity index (χ1n) is 8.47. The fourth-order valence-electron chi connectivity index (χ4n) is 2.75. The van der Waals surface area contributed by atoms with E-state index in [9.17, 15) is 9.59 Å². The van der Waals surface area contributed by atoms with E-state index in [0.29, 0.717) is 48.3 Å². The Balaban J connectivity index is 1.80. The summed E-state index contributed by atoms with van der Waals surface area (Å²) in [5.41, 5.74) is 1.95. The van der Waals surface area contributed by atoms with Crippen LogP contribution in [0.25, 0.3) is 0 Å². The molecule has 0 spiro atoms. The summed E-state index contributed by atoms with van der Waals surface area (Å²) in [4.78, 5) is 31.0. The summed E-state index contributed by atoms with van der Waals surface area (Å²) in [5, 5.41) is 3.33. The topological polar surface area (TPSA) is 80.8 Å². The Hall–Kier alpha value is -2.64. The SMILES string of the molecule is COc1cc(Cl)c(C)cc1NC(=O)c1cncc(C(=O)N2CCOCC2)c1. The van der Waals surface area contributed by atoms with Crippen LogP contribution >= 0.6 is 11.6 Å². The number of nitrogens with zero attached hydrogens (tertiary/aromatic N) is 2. The number of hydrogen-bond donors (Lipinski definition) is 1. The van der Waals surface area contributed by atoms with Gasteiger partial charge in [-0.1, -0.05) is 11.6 Å². The lowest BCUT2D eigenvalue weighted by molar-refractivity contribution is 0.0302. The average molecular weight is 390 g/mol. The molecule has 0 saturated carbocycles. The summed E-state index contributed by atoms with van der Waals surface area (Å²) in [6, 6.07) is 4.91. The van der Waals surface area contributed by atoms with Gasteiger partial charge in [-0.15, -0.1) is 0 Å². The molecule has 1 N–H and O–H groups in total. The minimum atomic E-state index is -0.390. The Morgan fingerprint density at radius 3 is 2.59 bits per heavy atom. The van der Waals surface area contributed by atoms with Crippen LogP contribution in [0.15, 0.2) is 30.6 Å². The fraction of sp³-hybridized carbons (Fsp3) is 0.316. The van der Waals surface area contributed by atoms with E-state index in [1.807, 2.05) is 6.92 Å². The van der Waals surface area contributed by atoms with E-state index in [0.717, 1.165) is 5.56 Å². The molecule has 2 aromatic rings. The first-order valence-corrected chi connectivity index (χ1v) is 8.85. The van der Waals surface area contributed by atoms with Crippen LogP contribution in [0.3, 0.4) is 0 Å².